The fraction of sp³-hybridized carbons (Fsp3) is 0.412. The van der Waals surface area contributed by atoms with E-state index in [1.54, 1.807) is 7.11 Å². The molecule has 0 heterocycles. The lowest BCUT2D eigenvalue weighted by Crippen LogP contribution is -2.22. The van der Waals surface area contributed by atoms with E-state index in [0.717, 1.165) is 25.3 Å². The highest BCUT2D eigenvalue weighted by atomic mass is 16.5. The maximum absolute atomic E-state index is 9.39. The molecule has 1 unspecified atom stereocenters. The lowest BCUT2D eigenvalue weighted by molar-refractivity contribution is 0.162. The van der Waals surface area contributed by atoms with E-state index < -0.39 is 0 Å². The van der Waals surface area contributed by atoms with Crippen molar-refractivity contribution >= 4 is 10.8 Å². The molecule has 0 fully saturated rings. The molecule has 3 heteroatoms. The molecule has 0 saturated carbocycles. The van der Waals surface area contributed by atoms with Crippen LogP contribution in [0.1, 0.15) is 18.9 Å². The molecule has 0 spiro atoms. The van der Waals surface area contributed by atoms with Crippen molar-refractivity contribution in [2.75, 3.05) is 20.7 Å². The first kappa shape index (κ1) is 14.8. The SMILES string of the molecule is COc1ccc2ccccc2c1CN(C)CCC(C)O. The summed E-state index contributed by atoms with van der Waals surface area (Å²) in [6, 6.07) is 12.5. The molecule has 0 aliphatic carbocycles. The van der Waals surface area contributed by atoms with E-state index in [-0.39, 0.29) is 6.10 Å². The predicted molar refractivity (Wildman–Crippen MR) is 83.1 cm³/mol. The summed E-state index contributed by atoms with van der Waals surface area (Å²) in [6.45, 7) is 3.51. The first-order valence-corrected chi connectivity index (χ1v) is 7.03. The quantitative estimate of drug-likeness (QED) is 0.878. The van der Waals surface area contributed by atoms with Crippen molar-refractivity contribution in [1.82, 2.24) is 4.90 Å². The third-order valence-corrected chi connectivity index (χ3v) is 3.57. The second kappa shape index (κ2) is 6.73. The Balaban J connectivity index is 2.27. The van der Waals surface area contributed by atoms with Crippen LogP contribution >= 0.6 is 0 Å². The van der Waals surface area contributed by atoms with E-state index in [1.165, 1.54) is 16.3 Å². The van der Waals surface area contributed by atoms with Gasteiger partial charge in [-0.15, -0.1) is 0 Å². The van der Waals surface area contributed by atoms with E-state index >= 15 is 0 Å². The van der Waals surface area contributed by atoms with Gasteiger partial charge < -0.3 is 14.7 Å². The molecule has 0 saturated heterocycles. The summed E-state index contributed by atoms with van der Waals surface area (Å²) in [7, 11) is 3.78. The molecule has 2 aromatic carbocycles. The van der Waals surface area contributed by atoms with E-state index in [2.05, 4.69) is 42.3 Å². The molecule has 0 aliphatic heterocycles. The summed E-state index contributed by atoms with van der Waals surface area (Å²) in [5.41, 5.74) is 1.21. The summed E-state index contributed by atoms with van der Waals surface area (Å²) in [6.07, 6.45) is 0.524. The van der Waals surface area contributed by atoms with Crippen molar-refractivity contribution in [3.63, 3.8) is 0 Å². The van der Waals surface area contributed by atoms with Crippen LogP contribution in [0.4, 0.5) is 0 Å². The van der Waals surface area contributed by atoms with Gasteiger partial charge in [-0.3, -0.25) is 0 Å². The third kappa shape index (κ3) is 3.50. The number of benzene rings is 2. The molecular weight excluding hydrogens is 250 g/mol. The van der Waals surface area contributed by atoms with Crippen molar-refractivity contribution in [2.24, 2.45) is 0 Å². The molecule has 2 rings (SSSR count). The summed E-state index contributed by atoms with van der Waals surface area (Å²) < 4.78 is 5.50. The van der Waals surface area contributed by atoms with Crippen LogP contribution < -0.4 is 4.74 Å². The molecule has 3 nitrogen and oxygen atoms in total. The average molecular weight is 273 g/mol. The Hall–Kier alpha value is -1.58. The van der Waals surface area contributed by atoms with Crippen molar-refractivity contribution < 1.29 is 9.84 Å². The van der Waals surface area contributed by atoms with Crippen LogP contribution in [0, 0.1) is 0 Å². The molecule has 0 aliphatic rings. The fourth-order valence-corrected chi connectivity index (χ4v) is 2.43. The van der Waals surface area contributed by atoms with Gasteiger partial charge in [0, 0.05) is 18.7 Å². The number of hydrogen-bond acceptors (Lipinski definition) is 3. The van der Waals surface area contributed by atoms with Crippen LogP contribution in [-0.4, -0.2) is 36.8 Å². The fourth-order valence-electron chi connectivity index (χ4n) is 2.43. The van der Waals surface area contributed by atoms with Gasteiger partial charge in [0.05, 0.1) is 13.2 Å². The minimum atomic E-state index is -0.258. The monoisotopic (exact) mass is 273 g/mol. The van der Waals surface area contributed by atoms with Crippen LogP contribution in [0.2, 0.25) is 0 Å². The minimum absolute atomic E-state index is 0.258. The van der Waals surface area contributed by atoms with Crippen LogP contribution in [0.3, 0.4) is 0 Å². The average Bonchev–Trinajstić information content (AvgIpc) is 2.45. The zero-order valence-corrected chi connectivity index (χ0v) is 12.5. The van der Waals surface area contributed by atoms with E-state index in [9.17, 15) is 5.11 Å². The summed E-state index contributed by atoms with van der Waals surface area (Å²) in [5.74, 6) is 0.924. The number of hydrogen-bond donors (Lipinski definition) is 1. The number of rotatable bonds is 6. The Bertz CT molecular complexity index is 566. The van der Waals surface area contributed by atoms with Crippen molar-refractivity contribution in [2.45, 2.75) is 26.0 Å². The number of aliphatic hydroxyl groups excluding tert-OH is 1. The Morgan fingerprint density at radius 1 is 1.20 bits per heavy atom. The van der Waals surface area contributed by atoms with Crippen LogP contribution in [0.25, 0.3) is 10.8 Å². The molecule has 20 heavy (non-hydrogen) atoms. The second-order valence-corrected chi connectivity index (χ2v) is 5.34. The first-order chi connectivity index (χ1) is 9.61. The van der Waals surface area contributed by atoms with Crippen LogP contribution in [0.15, 0.2) is 36.4 Å². The molecule has 0 bridgehead atoms. The summed E-state index contributed by atoms with van der Waals surface area (Å²) in [5, 5.41) is 11.8. The molecule has 2 aromatic rings. The topological polar surface area (TPSA) is 32.7 Å². The molecule has 0 radical (unpaired) electrons. The largest absolute Gasteiger partial charge is 0.496 e. The highest BCUT2D eigenvalue weighted by Gasteiger charge is 2.11. The van der Waals surface area contributed by atoms with Crippen molar-refractivity contribution in [3.05, 3.63) is 42.0 Å². The van der Waals surface area contributed by atoms with Gasteiger partial charge in [-0.25, -0.2) is 0 Å². The molecule has 108 valence electrons. The van der Waals surface area contributed by atoms with Gasteiger partial charge in [0.2, 0.25) is 0 Å². The standard InChI is InChI=1S/C17H23NO2/c1-13(19)10-11-18(2)12-16-15-7-5-4-6-14(15)8-9-17(16)20-3/h4-9,13,19H,10-12H2,1-3H3. The maximum atomic E-state index is 9.39. The molecule has 1 atom stereocenters. The second-order valence-electron chi connectivity index (χ2n) is 5.34. The summed E-state index contributed by atoms with van der Waals surface area (Å²) >= 11 is 0. The number of methoxy groups -OCH3 is 1. The van der Waals surface area contributed by atoms with Crippen molar-refractivity contribution in [1.29, 1.82) is 0 Å². The maximum Gasteiger partial charge on any atom is 0.123 e. The first-order valence-electron chi connectivity index (χ1n) is 7.03. The highest BCUT2D eigenvalue weighted by Crippen LogP contribution is 2.28. The number of aliphatic hydroxyl groups is 1. The highest BCUT2D eigenvalue weighted by molar-refractivity contribution is 5.87. The van der Waals surface area contributed by atoms with Gasteiger partial charge in [-0.05, 0) is 37.2 Å². The number of fused-ring (bicyclic) bond motifs is 1. The Labute approximate surface area is 120 Å². The predicted octanol–water partition coefficient (Wildman–Crippen LogP) is 3.05. The molecule has 0 aromatic heterocycles. The van der Waals surface area contributed by atoms with Crippen molar-refractivity contribution in [3.8, 4) is 5.75 Å². The molecule has 0 amide bonds. The lowest BCUT2D eigenvalue weighted by Gasteiger charge is -2.20. The van der Waals surface area contributed by atoms with E-state index in [0.29, 0.717) is 0 Å². The number of ether oxygens (including phenoxy) is 1. The minimum Gasteiger partial charge on any atom is -0.496 e. The van der Waals surface area contributed by atoms with E-state index in [4.69, 9.17) is 4.74 Å². The normalized spacial score (nSPS) is 12.8. The Morgan fingerprint density at radius 3 is 2.65 bits per heavy atom. The zero-order valence-electron chi connectivity index (χ0n) is 12.5. The summed E-state index contributed by atoms with van der Waals surface area (Å²) in [4.78, 5) is 2.22. The Kier molecular flexibility index (Phi) is 4.99. The lowest BCUT2D eigenvalue weighted by atomic mass is 10.0. The zero-order chi connectivity index (χ0) is 14.5. The third-order valence-electron chi connectivity index (χ3n) is 3.57. The van der Waals surface area contributed by atoms with Gasteiger partial charge in [0.1, 0.15) is 5.75 Å². The van der Waals surface area contributed by atoms with Gasteiger partial charge in [-0.2, -0.15) is 0 Å². The molecule has 1 N–H and O–H groups in total. The van der Waals surface area contributed by atoms with Gasteiger partial charge in [0.15, 0.2) is 0 Å². The van der Waals surface area contributed by atoms with Gasteiger partial charge >= 0.3 is 0 Å². The smallest absolute Gasteiger partial charge is 0.123 e. The van der Waals surface area contributed by atoms with Crippen LogP contribution in [0.5, 0.6) is 5.75 Å². The van der Waals surface area contributed by atoms with E-state index in [1.807, 2.05) is 13.0 Å². The number of nitrogens with zero attached hydrogens (tertiary/aromatic N) is 1. The van der Waals surface area contributed by atoms with Gasteiger partial charge in [-0.1, -0.05) is 30.3 Å². The van der Waals surface area contributed by atoms with Crippen LogP contribution in [-0.2, 0) is 6.54 Å². The van der Waals surface area contributed by atoms with Gasteiger partial charge in [0.25, 0.3) is 0 Å². The molecular formula is C17H23NO2. The Morgan fingerprint density at radius 2 is 1.95 bits per heavy atom.